The van der Waals surface area contributed by atoms with Crippen LogP contribution in [0.4, 0.5) is 0 Å². The SMILES string of the molecule is CCCCCCCC[N+](CCCCCCCC)(CCCCCCCC)CCCCCCCCCC[N+](CCCCCCCC)(CCCCCCCC)CCCCCCCC. The van der Waals surface area contributed by atoms with Crippen LogP contribution < -0.4 is 0 Å². The topological polar surface area (TPSA) is 0 Å². The summed E-state index contributed by atoms with van der Waals surface area (Å²) in [6, 6.07) is 0. The molecule has 362 valence electrons. The van der Waals surface area contributed by atoms with Crippen LogP contribution in [-0.4, -0.2) is 61.3 Å². The van der Waals surface area contributed by atoms with E-state index in [4.69, 9.17) is 0 Å². The zero-order chi connectivity index (χ0) is 43.8. The van der Waals surface area contributed by atoms with Gasteiger partial charge in [-0.15, -0.1) is 0 Å². The highest BCUT2D eigenvalue weighted by atomic mass is 15.4. The van der Waals surface area contributed by atoms with E-state index in [1.807, 2.05) is 0 Å². The van der Waals surface area contributed by atoms with Crippen molar-refractivity contribution >= 4 is 0 Å². The third-order valence-corrected chi connectivity index (χ3v) is 14.9. The summed E-state index contributed by atoms with van der Waals surface area (Å²) in [4.78, 5) is 0. The molecule has 0 spiro atoms. The van der Waals surface area contributed by atoms with Gasteiger partial charge >= 0.3 is 0 Å². The fourth-order valence-corrected chi connectivity index (χ4v) is 10.7. The minimum atomic E-state index is 1.37. The van der Waals surface area contributed by atoms with Gasteiger partial charge in [0.2, 0.25) is 0 Å². The molecular weight excluding hydrogens is 725 g/mol. The van der Waals surface area contributed by atoms with Crippen LogP contribution in [0, 0.1) is 0 Å². The minimum absolute atomic E-state index is 1.37. The molecule has 0 aliphatic carbocycles. The second-order valence-corrected chi connectivity index (χ2v) is 20.9. The van der Waals surface area contributed by atoms with E-state index >= 15 is 0 Å². The smallest absolute Gasteiger partial charge is 0.0786 e. The van der Waals surface area contributed by atoms with E-state index in [0.717, 1.165) is 0 Å². The highest BCUT2D eigenvalue weighted by molar-refractivity contribution is 4.58. The number of nitrogens with zero attached hydrogens (tertiary/aromatic N) is 2. The first-order valence-electron chi connectivity index (χ1n) is 29.3. The summed E-state index contributed by atoms with van der Waals surface area (Å²) in [6.45, 7) is 26.0. The fourth-order valence-electron chi connectivity index (χ4n) is 10.7. The molecule has 2 nitrogen and oxygen atoms in total. The Bertz CT molecular complexity index is 631. The standard InChI is InChI=1S/C58H122N2/c1-7-13-19-25-35-43-51-59(52-44-36-26-20-14-8-2,53-45-37-27-21-15-9-3)57-49-41-33-31-32-34-42-50-58-60(54-46-38-28-22-16-10-4,55-47-39-29-23-17-11-5)56-48-40-30-24-18-12-6/h7-58H2,1-6H3/q+2. The second-order valence-electron chi connectivity index (χ2n) is 20.9. The molecule has 0 atom stereocenters. The van der Waals surface area contributed by atoms with Crippen molar-refractivity contribution in [2.45, 2.75) is 324 Å². The van der Waals surface area contributed by atoms with Crippen molar-refractivity contribution < 1.29 is 8.97 Å². The zero-order valence-electron chi connectivity index (χ0n) is 43.7. The molecule has 0 aromatic heterocycles. The van der Waals surface area contributed by atoms with Gasteiger partial charge in [-0.25, -0.2) is 0 Å². The van der Waals surface area contributed by atoms with Crippen LogP contribution in [0.25, 0.3) is 0 Å². The molecule has 60 heavy (non-hydrogen) atoms. The van der Waals surface area contributed by atoms with Gasteiger partial charge in [0.25, 0.3) is 0 Å². The predicted octanol–water partition coefficient (Wildman–Crippen LogP) is 19.9. The van der Waals surface area contributed by atoms with Crippen molar-refractivity contribution in [2.24, 2.45) is 0 Å². The molecule has 0 heterocycles. The lowest BCUT2D eigenvalue weighted by Gasteiger charge is -2.40. The second kappa shape index (κ2) is 48.4. The van der Waals surface area contributed by atoms with Crippen molar-refractivity contribution in [3.8, 4) is 0 Å². The molecule has 0 fully saturated rings. The zero-order valence-corrected chi connectivity index (χ0v) is 43.7. The largest absolute Gasteiger partial charge is 0.324 e. The normalized spacial score (nSPS) is 12.3. The maximum absolute atomic E-state index is 2.36. The average Bonchev–Trinajstić information content (AvgIpc) is 3.26. The Labute approximate surface area is 383 Å². The molecule has 0 N–H and O–H groups in total. The van der Waals surface area contributed by atoms with E-state index in [9.17, 15) is 0 Å². The van der Waals surface area contributed by atoms with Crippen LogP contribution in [0.2, 0.25) is 0 Å². The third kappa shape index (κ3) is 39.5. The van der Waals surface area contributed by atoms with Gasteiger partial charge in [-0.2, -0.15) is 0 Å². The monoisotopic (exact) mass is 847 g/mol. The van der Waals surface area contributed by atoms with Crippen LogP contribution in [0.1, 0.15) is 324 Å². The van der Waals surface area contributed by atoms with E-state index in [-0.39, 0.29) is 0 Å². The third-order valence-electron chi connectivity index (χ3n) is 14.9. The van der Waals surface area contributed by atoms with E-state index < -0.39 is 0 Å². The lowest BCUT2D eigenvalue weighted by Crippen LogP contribution is -2.50. The first-order chi connectivity index (χ1) is 29.6. The molecule has 2 heteroatoms. The lowest BCUT2D eigenvalue weighted by atomic mass is 10.0. The molecule has 0 bridgehead atoms. The Hall–Kier alpha value is -0.0800. The molecule has 0 aromatic carbocycles. The van der Waals surface area contributed by atoms with Gasteiger partial charge in [0, 0.05) is 0 Å². The summed E-state index contributed by atoms with van der Waals surface area (Å²) in [6.07, 6.45) is 64.0. The Morgan fingerprint density at radius 2 is 0.233 bits per heavy atom. The summed E-state index contributed by atoms with van der Waals surface area (Å²) in [5.41, 5.74) is 0. The molecule has 0 aromatic rings. The Morgan fingerprint density at radius 3 is 0.350 bits per heavy atom. The summed E-state index contributed by atoms with van der Waals surface area (Å²) in [5.74, 6) is 0. The van der Waals surface area contributed by atoms with Crippen molar-refractivity contribution in [2.75, 3.05) is 52.4 Å². The number of hydrogen-bond donors (Lipinski definition) is 0. The fraction of sp³-hybridized carbons (Fsp3) is 1.00. The Kier molecular flexibility index (Phi) is 48.3. The quantitative estimate of drug-likeness (QED) is 0.0423. The number of unbranched alkanes of at least 4 members (excludes halogenated alkanes) is 37. The lowest BCUT2D eigenvalue weighted by molar-refractivity contribution is -0.929. The van der Waals surface area contributed by atoms with Gasteiger partial charge in [-0.05, 0) is 103 Å². The van der Waals surface area contributed by atoms with Crippen LogP contribution >= 0.6 is 0 Å². The molecule has 0 aliphatic rings. The molecule has 0 saturated carbocycles. The van der Waals surface area contributed by atoms with Gasteiger partial charge < -0.3 is 8.97 Å². The number of quaternary nitrogens is 2. The van der Waals surface area contributed by atoms with E-state index in [1.165, 1.54) is 344 Å². The van der Waals surface area contributed by atoms with Gasteiger partial charge in [-0.3, -0.25) is 0 Å². The minimum Gasteiger partial charge on any atom is -0.324 e. The summed E-state index contributed by atoms with van der Waals surface area (Å²) < 4.78 is 2.96. The maximum Gasteiger partial charge on any atom is 0.0786 e. The number of rotatable bonds is 53. The number of hydrogen-bond acceptors (Lipinski definition) is 0. The van der Waals surface area contributed by atoms with Crippen molar-refractivity contribution in [1.29, 1.82) is 0 Å². The first kappa shape index (κ1) is 59.9. The first-order valence-corrected chi connectivity index (χ1v) is 29.3. The van der Waals surface area contributed by atoms with Gasteiger partial charge in [-0.1, -0.05) is 221 Å². The van der Waals surface area contributed by atoms with E-state index in [2.05, 4.69) is 41.5 Å². The van der Waals surface area contributed by atoms with Crippen LogP contribution in [0.5, 0.6) is 0 Å². The summed E-state index contributed by atoms with van der Waals surface area (Å²) in [7, 11) is 0. The van der Waals surface area contributed by atoms with Crippen LogP contribution in [-0.2, 0) is 0 Å². The molecule has 0 unspecified atom stereocenters. The van der Waals surface area contributed by atoms with E-state index in [1.54, 1.807) is 0 Å². The maximum atomic E-state index is 2.36. The molecular formula is C58H122N2+2. The Morgan fingerprint density at radius 1 is 0.133 bits per heavy atom. The van der Waals surface area contributed by atoms with Gasteiger partial charge in [0.15, 0.2) is 0 Å². The Balaban J connectivity index is 5.16. The van der Waals surface area contributed by atoms with Crippen molar-refractivity contribution in [1.82, 2.24) is 0 Å². The van der Waals surface area contributed by atoms with Gasteiger partial charge in [0.05, 0.1) is 52.4 Å². The average molecular weight is 848 g/mol. The molecule has 0 saturated heterocycles. The predicted molar refractivity (Wildman–Crippen MR) is 277 cm³/mol. The van der Waals surface area contributed by atoms with Gasteiger partial charge in [0.1, 0.15) is 0 Å². The summed E-state index contributed by atoms with van der Waals surface area (Å²) in [5, 5.41) is 0. The molecule has 0 aliphatic heterocycles. The van der Waals surface area contributed by atoms with Crippen molar-refractivity contribution in [3.05, 3.63) is 0 Å². The molecule has 0 radical (unpaired) electrons. The van der Waals surface area contributed by atoms with Crippen molar-refractivity contribution in [3.63, 3.8) is 0 Å². The highest BCUT2D eigenvalue weighted by Gasteiger charge is 2.27. The molecule has 0 rings (SSSR count). The van der Waals surface area contributed by atoms with Crippen LogP contribution in [0.3, 0.4) is 0 Å². The van der Waals surface area contributed by atoms with E-state index in [0.29, 0.717) is 0 Å². The molecule has 0 amide bonds. The highest BCUT2D eigenvalue weighted by Crippen LogP contribution is 2.23. The van der Waals surface area contributed by atoms with Crippen LogP contribution in [0.15, 0.2) is 0 Å². The summed E-state index contributed by atoms with van der Waals surface area (Å²) >= 11 is 0.